The van der Waals surface area contributed by atoms with Crippen LogP contribution in [0.2, 0.25) is 0 Å². The minimum absolute atomic E-state index is 0.0588. The van der Waals surface area contributed by atoms with Crippen LogP contribution in [0.25, 0.3) is 0 Å². The Morgan fingerprint density at radius 3 is 1.67 bits per heavy atom. The number of aromatic nitrogens is 4. The molecule has 0 spiro atoms. The van der Waals surface area contributed by atoms with E-state index in [0.29, 0.717) is 0 Å². The lowest BCUT2D eigenvalue weighted by atomic mass is 11.0. The highest BCUT2D eigenvalue weighted by Gasteiger charge is 2.08. The summed E-state index contributed by atoms with van der Waals surface area (Å²) in [7, 11) is 0. The summed E-state index contributed by atoms with van der Waals surface area (Å²) in [5, 5.41) is 14.5. The van der Waals surface area contributed by atoms with Gasteiger partial charge >= 0.3 is 0 Å². The van der Waals surface area contributed by atoms with Gasteiger partial charge in [-0.05, 0) is 0 Å². The summed E-state index contributed by atoms with van der Waals surface area (Å²) < 4.78 is 2.30. The maximum atomic E-state index is 7.27. The van der Waals surface area contributed by atoms with Crippen molar-refractivity contribution in [2.45, 2.75) is 0 Å². The van der Waals surface area contributed by atoms with E-state index in [0.717, 1.165) is 4.52 Å². The molecule has 0 unspecified atom stereocenters. The zero-order chi connectivity index (χ0) is 8.88. The molecule has 62 valence electrons. The zero-order valence-electron chi connectivity index (χ0n) is 5.94. The van der Waals surface area contributed by atoms with Gasteiger partial charge in [-0.25, -0.2) is 0 Å². The highest BCUT2D eigenvalue weighted by atomic mass is 15.5. The summed E-state index contributed by atoms with van der Waals surface area (Å²) in [5.41, 5.74) is 10.5. The molecular weight excluding hydrogens is 160 g/mol. The highest BCUT2D eigenvalue weighted by molar-refractivity contribution is 5.26. The number of fused-ring (bicyclic) bond motifs is 1. The van der Waals surface area contributed by atoms with Gasteiger partial charge in [-0.15, -0.1) is 0 Å². The molecule has 6 N–H and O–H groups in total. The molecule has 2 rings (SSSR count). The number of rotatable bonds is 0. The van der Waals surface area contributed by atoms with E-state index >= 15 is 0 Å². The van der Waals surface area contributed by atoms with Gasteiger partial charge < -0.3 is 11.5 Å². The van der Waals surface area contributed by atoms with Crippen LogP contribution in [0.3, 0.4) is 0 Å². The van der Waals surface area contributed by atoms with Crippen molar-refractivity contribution >= 4 is 11.9 Å². The monoisotopic (exact) mass is 166 g/mol. The van der Waals surface area contributed by atoms with Crippen LogP contribution >= 0.6 is 0 Å². The van der Waals surface area contributed by atoms with Crippen molar-refractivity contribution in [2.75, 3.05) is 11.5 Å². The van der Waals surface area contributed by atoms with Crippen LogP contribution in [0.15, 0.2) is 0 Å². The van der Waals surface area contributed by atoms with Gasteiger partial charge in [0.15, 0.2) is 0 Å². The second kappa shape index (κ2) is 1.72. The number of nitrogens with one attached hydrogen (secondary N) is 2. The van der Waals surface area contributed by atoms with Crippen LogP contribution in [0.5, 0.6) is 0 Å². The first-order chi connectivity index (χ1) is 5.61. The van der Waals surface area contributed by atoms with Crippen molar-refractivity contribution in [3.8, 4) is 0 Å². The van der Waals surface area contributed by atoms with E-state index < -0.39 is 0 Å². The normalized spacial score (nSPS) is 11.0. The maximum absolute atomic E-state index is 7.27. The van der Waals surface area contributed by atoms with Crippen molar-refractivity contribution in [1.82, 2.24) is 19.0 Å². The van der Waals surface area contributed by atoms with Crippen molar-refractivity contribution in [3.63, 3.8) is 0 Å². The summed E-state index contributed by atoms with van der Waals surface area (Å²) in [6.45, 7) is 0. The largest absolute Gasteiger partial charge is 0.368 e. The summed E-state index contributed by atoms with van der Waals surface area (Å²) in [6.07, 6.45) is 0. The molecule has 8 heteroatoms. The van der Waals surface area contributed by atoms with Crippen LogP contribution < -0.4 is 22.7 Å². The molecule has 0 bridgehead atoms. The molecule has 12 heavy (non-hydrogen) atoms. The van der Waals surface area contributed by atoms with Gasteiger partial charge in [0.05, 0.1) is 0 Å². The molecule has 0 atom stereocenters. The molecule has 8 nitrogen and oxygen atoms in total. The minimum atomic E-state index is -0.151. The van der Waals surface area contributed by atoms with Crippen molar-refractivity contribution < 1.29 is 0 Å². The first kappa shape index (κ1) is 6.58. The van der Waals surface area contributed by atoms with Crippen LogP contribution in [0.1, 0.15) is 0 Å². The number of hydrogen-bond acceptors (Lipinski definition) is 6. The van der Waals surface area contributed by atoms with Gasteiger partial charge in [0.25, 0.3) is 0 Å². The number of nitrogen functional groups attached to an aromatic ring is 2. The first-order valence-electron chi connectivity index (χ1n) is 3.07. The van der Waals surface area contributed by atoms with Gasteiger partial charge in [0.2, 0.25) is 23.1 Å². The number of hydrogen-bond donors (Lipinski definition) is 4. The van der Waals surface area contributed by atoms with E-state index in [2.05, 4.69) is 9.97 Å². The Hall–Kier alpha value is -2.12. The topological polar surface area (TPSA) is 134 Å². The summed E-state index contributed by atoms with van der Waals surface area (Å²) in [6, 6.07) is 0. The van der Waals surface area contributed by atoms with E-state index in [-0.39, 0.29) is 23.1 Å². The summed E-state index contributed by atoms with van der Waals surface area (Å²) in [5.74, 6) is 0.118. The molecule has 0 fully saturated rings. The molecule has 0 amide bonds. The zero-order valence-corrected chi connectivity index (χ0v) is 5.94. The smallest absolute Gasteiger partial charge is 0.248 e. The lowest BCUT2D eigenvalue weighted by molar-refractivity contribution is 0.752. The standard InChI is InChI=1S/C4H6N8/c5-1-9-2(6)12-4(8)10-3(7)11(1)12/h(H3,5,6,9)(H3,7,8,10). The van der Waals surface area contributed by atoms with Gasteiger partial charge in [0, 0.05) is 0 Å². The molecule has 0 aliphatic rings. The second-order valence-electron chi connectivity index (χ2n) is 2.21. The van der Waals surface area contributed by atoms with Gasteiger partial charge in [0.1, 0.15) is 0 Å². The Balaban J connectivity index is 3.23. The van der Waals surface area contributed by atoms with Gasteiger partial charge in [-0.2, -0.15) is 19.0 Å². The fraction of sp³-hybridized carbons (Fsp3) is 0. The van der Waals surface area contributed by atoms with Crippen LogP contribution in [0, 0.1) is 10.8 Å². The third kappa shape index (κ3) is 0.557. The highest BCUT2D eigenvalue weighted by Crippen LogP contribution is 1.96. The van der Waals surface area contributed by atoms with Gasteiger partial charge in [-0.3, -0.25) is 10.8 Å². The fourth-order valence-electron chi connectivity index (χ4n) is 1.02. The van der Waals surface area contributed by atoms with E-state index in [1.54, 1.807) is 0 Å². The lowest BCUT2D eigenvalue weighted by Gasteiger charge is -1.87. The third-order valence-electron chi connectivity index (χ3n) is 1.48. The maximum Gasteiger partial charge on any atom is 0.248 e. The quantitative estimate of drug-likeness (QED) is 0.341. The molecule has 0 saturated heterocycles. The van der Waals surface area contributed by atoms with E-state index in [1.807, 2.05) is 0 Å². The average Bonchev–Trinajstić information content (AvgIpc) is 2.38. The molecule has 0 aliphatic carbocycles. The van der Waals surface area contributed by atoms with Crippen LogP contribution in [-0.2, 0) is 0 Å². The molecule has 0 aromatic carbocycles. The minimum Gasteiger partial charge on any atom is -0.368 e. The van der Waals surface area contributed by atoms with Crippen molar-refractivity contribution in [3.05, 3.63) is 11.2 Å². The van der Waals surface area contributed by atoms with Crippen LogP contribution in [-0.4, -0.2) is 19.0 Å². The molecule has 0 radical (unpaired) electrons. The predicted octanol–water partition coefficient (Wildman–Crippen LogP) is -2.61. The molecule has 0 aliphatic heterocycles. The fourth-order valence-corrected chi connectivity index (χ4v) is 1.02. The summed E-state index contributed by atoms with van der Waals surface area (Å²) >= 11 is 0. The Kier molecular flexibility index (Phi) is 0.946. The Morgan fingerprint density at radius 2 is 1.33 bits per heavy atom. The second-order valence-corrected chi connectivity index (χ2v) is 2.21. The van der Waals surface area contributed by atoms with E-state index in [1.165, 1.54) is 4.52 Å². The Labute approximate surface area is 65.4 Å². The molecule has 2 aromatic rings. The van der Waals surface area contributed by atoms with Crippen molar-refractivity contribution in [2.24, 2.45) is 0 Å². The molecule has 2 aromatic heterocycles. The average molecular weight is 166 g/mol. The van der Waals surface area contributed by atoms with E-state index in [4.69, 9.17) is 22.3 Å². The third-order valence-corrected chi connectivity index (χ3v) is 1.48. The predicted molar refractivity (Wildman–Crippen MR) is 38.2 cm³/mol. The first-order valence-corrected chi connectivity index (χ1v) is 3.07. The summed E-state index contributed by atoms with van der Waals surface area (Å²) in [4.78, 5) is 7.20. The number of anilines is 2. The molecule has 2 heterocycles. The van der Waals surface area contributed by atoms with Crippen molar-refractivity contribution in [1.29, 1.82) is 10.8 Å². The number of nitrogens with two attached hydrogens (primary N) is 2. The molecule has 0 saturated carbocycles. The number of nitrogens with zero attached hydrogens (tertiary/aromatic N) is 4. The molecular formula is C4H6N8. The Morgan fingerprint density at radius 1 is 0.917 bits per heavy atom. The lowest BCUT2D eigenvalue weighted by Crippen LogP contribution is -2.23. The van der Waals surface area contributed by atoms with E-state index in [9.17, 15) is 0 Å². The Bertz CT molecular complexity index is 486. The van der Waals surface area contributed by atoms with Crippen LogP contribution in [0.4, 0.5) is 11.9 Å². The van der Waals surface area contributed by atoms with Gasteiger partial charge in [-0.1, -0.05) is 0 Å². The SMILES string of the molecule is N=c1nc(N)n2c(N)nc(=N)n12.